The van der Waals surface area contributed by atoms with E-state index in [-0.39, 0.29) is 5.91 Å². The second kappa shape index (κ2) is 5.00. The number of rotatable bonds is 6. The molecule has 0 aromatic heterocycles. The molecule has 2 rings (SSSR count). The summed E-state index contributed by atoms with van der Waals surface area (Å²) in [7, 11) is 0. The number of ether oxygens (including phenoxy) is 1. The van der Waals surface area contributed by atoms with Crippen molar-refractivity contribution >= 4 is 5.91 Å². The van der Waals surface area contributed by atoms with Crippen LogP contribution in [0.4, 0.5) is 0 Å². The van der Waals surface area contributed by atoms with Gasteiger partial charge in [-0.2, -0.15) is 0 Å². The lowest BCUT2D eigenvalue weighted by atomic mass is 10.1. The first-order chi connectivity index (χ1) is 7.70. The summed E-state index contributed by atoms with van der Waals surface area (Å²) in [6, 6.07) is 0. The number of carbonyl (C=O) groups excluding carboxylic acids is 1. The summed E-state index contributed by atoms with van der Waals surface area (Å²) in [5.41, 5.74) is 1.02. The van der Waals surface area contributed by atoms with Crippen LogP contribution in [0.1, 0.15) is 26.2 Å². The zero-order valence-electron chi connectivity index (χ0n) is 10.00. The fourth-order valence-corrected chi connectivity index (χ4v) is 2.82. The van der Waals surface area contributed by atoms with Crippen molar-refractivity contribution in [3.8, 4) is 0 Å². The molecule has 2 aliphatic rings. The number of amides is 1. The molecule has 0 saturated heterocycles. The molecule has 2 fully saturated rings. The summed E-state index contributed by atoms with van der Waals surface area (Å²) in [6.45, 7) is 7.49. The van der Waals surface area contributed by atoms with Crippen LogP contribution in [0, 0.1) is 17.8 Å². The molecule has 2 aliphatic carbocycles. The fourth-order valence-electron chi connectivity index (χ4n) is 2.82. The normalized spacial score (nSPS) is 30.9. The molecule has 90 valence electrons. The molecule has 0 aliphatic heterocycles. The Morgan fingerprint density at radius 2 is 2.12 bits per heavy atom. The molecular weight excluding hydrogens is 202 g/mol. The van der Waals surface area contributed by atoms with Crippen LogP contribution in [0.3, 0.4) is 0 Å². The molecule has 3 heteroatoms. The first-order valence-corrected chi connectivity index (χ1v) is 6.20. The molecule has 2 unspecified atom stereocenters. The predicted octanol–water partition coefficient (Wildman–Crippen LogP) is 1.74. The number of carbonyl (C=O) groups is 1. The predicted molar refractivity (Wildman–Crippen MR) is 63.0 cm³/mol. The van der Waals surface area contributed by atoms with Crippen molar-refractivity contribution in [2.75, 3.05) is 19.8 Å². The summed E-state index contributed by atoms with van der Waals surface area (Å²) < 4.78 is 5.33. The van der Waals surface area contributed by atoms with Gasteiger partial charge in [0.25, 0.3) is 0 Å². The van der Waals surface area contributed by atoms with E-state index in [1.54, 1.807) is 0 Å². The summed E-state index contributed by atoms with van der Waals surface area (Å²) in [5, 5.41) is 2.95. The average Bonchev–Trinajstić information content (AvgIpc) is 2.71. The van der Waals surface area contributed by atoms with Gasteiger partial charge in [0.2, 0.25) is 5.91 Å². The van der Waals surface area contributed by atoms with E-state index in [9.17, 15) is 4.79 Å². The lowest BCUT2D eigenvalue weighted by Gasteiger charge is -2.07. The second-order valence-corrected chi connectivity index (χ2v) is 5.09. The maximum atomic E-state index is 11.7. The molecule has 3 nitrogen and oxygen atoms in total. The van der Waals surface area contributed by atoms with Gasteiger partial charge in [-0.05, 0) is 31.6 Å². The Labute approximate surface area is 97.2 Å². The Hall–Kier alpha value is -0.830. The Bertz CT molecular complexity index is 278. The monoisotopic (exact) mass is 223 g/mol. The van der Waals surface area contributed by atoms with E-state index >= 15 is 0 Å². The quantitative estimate of drug-likeness (QED) is 0.550. The van der Waals surface area contributed by atoms with Gasteiger partial charge < -0.3 is 10.1 Å². The molecule has 0 radical (unpaired) electrons. The van der Waals surface area contributed by atoms with Gasteiger partial charge in [0.15, 0.2) is 0 Å². The lowest BCUT2D eigenvalue weighted by molar-refractivity contribution is -0.123. The largest absolute Gasteiger partial charge is 0.375 e. The molecule has 1 N–H and O–H groups in total. The number of hydrogen-bond acceptors (Lipinski definition) is 2. The third kappa shape index (κ3) is 2.64. The molecule has 2 saturated carbocycles. The van der Waals surface area contributed by atoms with Crippen molar-refractivity contribution in [3.05, 3.63) is 12.2 Å². The van der Waals surface area contributed by atoms with E-state index in [0.717, 1.165) is 5.57 Å². The maximum Gasteiger partial charge on any atom is 0.223 e. The Morgan fingerprint density at radius 1 is 1.44 bits per heavy atom. The molecule has 2 atom stereocenters. The van der Waals surface area contributed by atoms with Crippen LogP contribution in [0.25, 0.3) is 0 Å². The molecule has 0 aromatic rings. The topological polar surface area (TPSA) is 38.3 Å². The van der Waals surface area contributed by atoms with Crippen molar-refractivity contribution in [1.82, 2.24) is 5.32 Å². The van der Waals surface area contributed by atoms with Crippen LogP contribution in [-0.4, -0.2) is 25.7 Å². The van der Waals surface area contributed by atoms with E-state index in [1.807, 2.05) is 6.92 Å². The first-order valence-electron chi connectivity index (χ1n) is 6.20. The second-order valence-electron chi connectivity index (χ2n) is 5.09. The molecule has 0 bridgehead atoms. The Kier molecular flexibility index (Phi) is 3.64. The number of hydrogen-bond donors (Lipinski definition) is 1. The highest BCUT2D eigenvalue weighted by Gasteiger charge is 2.56. The number of nitrogens with one attached hydrogen (secondary N) is 1. The third-order valence-corrected chi connectivity index (χ3v) is 3.60. The smallest absolute Gasteiger partial charge is 0.223 e. The van der Waals surface area contributed by atoms with Crippen LogP contribution >= 0.6 is 0 Å². The summed E-state index contributed by atoms with van der Waals surface area (Å²) in [5.74, 6) is 1.98. The van der Waals surface area contributed by atoms with Crippen molar-refractivity contribution in [2.24, 2.45) is 17.8 Å². The van der Waals surface area contributed by atoms with Crippen LogP contribution in [0.2, 0.25) is 0 Å². The molecule has 0 spiro atoms. The van der Waals surface area contributed by atoms with Crippen molar-refractivity contribution in [2.45, 2.75) is 26.2 Å². The minimum absolute atomic E-state index is 0.244. The molecule has 0 heterocycles. The van der Waals surface area contributed by atoms with Gasteiger partial charge in [0, 0.05) is 12.5 Å². The van der Waals surface area contributed by atoms with Crippen molar-refractivity contribution < 1.29 is 9.53 Å². The molecule has 0 aromatic carbocycles. The van der Waals surface area contributed by atoms with E-state index in [4.69, 9.17) is 4.74 Å². The third-order valence-electron chi connectivity index (χ3n) is 3.60. The highest BCUT2D eigenvalue weighted by Crippen LogP contribution is 2.57. The van der Waals surface area contributed by atoms with Crippen molar-refractivity contribution in [3.63, 3.8) is 0 Å². The van der Waals surface area contributed by atoms with E-state index in [1.165, 1.54) is 19.3 Å². The zero-order chi connectivity index (χ0) is 11.5. The van der Waals surface area contributed by atoms with Gasteiger partial charge >= 0.3 is 0 Å². The zero-order valence-corrected chi connectivity index (χ0v) is 10.00. The van der Waals surface area contributed by atoms with Gasteiger partial charge in [-0.15, -0.1) is 0 Å². The van der Waals surface area contributed by atoms with E-state index < -0.39 is 0 Å². The highest BCUT2D eigenvalue weighted by atomic mass is 16.5. The summed E-state index contributed by atoms with van der Waals surface area (Å²) >= 11 is 0. The molecule has 1 amide bonds. The molecular formula is C13H21NO2. The SMILES string of the molecule is C=C(C)COCCNC(=O)C1C2CCCC21. The van der Waals surface area contributed by atoms with Crippen LogP contribution < -0.4 is 5.32 Å². The minimum atomic E-state index is 0.244. The summed E-state index contributed by atoms with van der Waals surface area (Å²) in [6.07, 6.45) is 3.84. The van der Waals surface area contributed by atoms with Gasteiger partial charge in [0.1, 0.15) is 0 Å². The van der Waals surface area contributed by atoms with Crippen LogP contribution in [0.5, 0.6) is 0 Å². The van der Waals surface area contributed by atoms with Gasteiger partial charge in [-0.3, -0.25) is 4.79 Å². The van der Waals surface area contributed by atoms with E-state index in [2.05, 4.69) is 11.9 Å². The minimum Gasteiger partial charge on any atom is -0.375 e. The highest BCUT2D eigenvalue weighted by molar-refractivity contribution is 5.82. The van der Waals surface area contributed by atoms with Crippen LogP contribution in [0.15, 0.2) is 12.2 Å². The molecule has 16 heavy (non-hydrogen) atoms. The Balaban J connectivity index is 1.54. The fraction of sp³-hybridized carbons (Fsp3) is 0.769. The maximum absolute atomic E-state index is 11.7. The number of fused-ring (bicyclic) bond motifs is 1. The van der Waals surface area contributed by atoms with Gasteiger partial charge in [0.05, 0.1) is 13.2 Å². The first kappa shape index (κ1) is 11.6. The van der Waals surface area contributed by atoms with Gasteiger partial charge in [-0.1, -0.05) is 18.6 Å². The summed E-state index contributed by atoms with van der Waals surface area (Å²) in [4.78, 5) is 11.7. The van der Waals surface area contributed by atoms with E-state index in [0.29, 0.717) is 37.5 Å². The van der Waals surface area contributed by atoms with Crippen molar-refractivity contribution in [1.29, 1.82) is 0 Å². The standard InChI is InChI=1S/C13H21NO2/c1-9(2)8-16-7-6-14-13(15)12-10-4-3-5-11(10)12/h10-12H,1,3-8H2,2H3,(H,14,15). The van der Waals surface area contributed by atoms with Gasteiger partial charge in [-0.25, -0.2) is 0 Å². The Morgan fingerprint density at radius 3 is 2.75 bits per heavy atom. The lowest BCUT2D eigenvalue weighted by Crippen LogP contribution is -2.30. The average molecular weight is 223 g/mol. The van der Waals surface area contributed by atoms with Crippen LogP contribution in [-0.2, 0) is 9.53 Å².